The van der Waals surface area contributed by atoms with Crippen LogP contribution in [0.2, 0.25) is 5.02 Å². The Bertz CT molecular complexity index is 687. The van der Waals surface area contributed by atoms with Gasteiger partial charge in [0, 0.05) is 27.7 Å². The predicted octanol–water partition coefficient (Wildman–Crippen LogP) is 3.16. The molecule has 0 fully saturated rings. The molecular weight excluding hydrogens is 306 g/mol. The van der Waals surface area contributed by atoms with Gasteiger partial charge in [-0.2, -0.15) is 0 Å². The van der Waals surface area contributed by atoms with E-state index in [0.717, 1.165) is 16.9 Å². The van der Waals surface area contributed by atoms with Gasteiger partial charge in [-0.05, 0) is 37.5 Å². The molecule has 21 heavy (non-hydrogen) atoms. The molecule has 0 spiro atoms. The molecule has 0 amide bonds. The monoisotopic (exact) mass is 323 g/mol. The van der Waals surface area contributed by atoms with Crippen LogP contribution in [-0.2, 0) is 6.42 Å². The first-order chi connectivity index (χ1) is 9.99. The summed E-state index contributed by atoms with van der Waals surface area (Å²) in [5, 5.41) is 1.26. The highest BCUT2D eigenvalue weighted by Gasteiger charge is 2.13. The van der Waals surface area contributed by atoms with Crippen LogP contribution in [0.15, 0.2) is 39.1 Å². The van der Waals surface area contributed by atoms with E-state index in [1.165, 1.54) is 17.8 Å². The normalized spacial score (nSPS) is 12.4. The lowest BCUT2D eigenvalue weighted by Gasteiger charge is -2.14. The topological polar surface area (TPSA) is 71.8 Å². The summed E-state index contributed by atoms with van der Waals surface area (Å²) in [6, 6.07) is 7.25. The second-order valence-electron chi connectivity index (χ2n) is 4.88. The zero-order valence-electron chi connectivity index (χ0n) is 12.0. The first kappa shape index (κ1) is 16.1. The van der Waals surface area contributed by atoms with E-state index < -0.39 is 0 Å². The van der Waals surface area contributed by atoms with Crippen LogP contribution >= 0.6 is 23.4 Å². The van der Waals surface area contributed by atoms with E-state index in [9.17, 15) is 4.79 Å². The van der Waals surface area contributed by atoms with Crippen LogP contribution < -0.4 is 11.3 Å². The fourth-order valence-electron chi connectivity index (χ4n) is 1.94. The van der Waals surface area contributed by atoms with Crippen molar-refractivity contribution in [3.05, 3.63) is 50.9 Å². The lowest BCUT2D eigenvalue weighted by molar-refractivity contribution is 0.641. The van der Waals surface area contributed by atoms with Gasteiger partial charge >= 0.3 is 0 Å². The molecule has 0 bridgehead atoms. The van der Waals surface area contributed by atoms with Gasteiger partial charge in [0.25, 0.3) is 5.56 Å². The highest BCUT2D eigenvalue weighted by Crippen LogP contribution is 2.32. The maximum absolute atomic E-state index is 11.5. The molecule has 4 nitrogen and oxygen atoms in total. The Hall–Kier alpha value is -1.30. The number of aryl methyl sites for hydroxylation is 1. The van der Waals surface area contributed by atoms with Gasteiger partial charge in [0.05, 0.1) is 0 Å². The predicted molar refractivity (Wildman–Crippen MR) is 87.1 cm³/mol. The molecule has 0 aliphatic carbocycles. The van der Waals surface area contributed by atoms with Crippen molar-refractivity contribution in [3.8, 4) is 0 Å². The third kappa shape index (κ3) is 4.33. The molecule has 3 N–H and O–H groups in total. The number of nitrogens with one attached hydrogen (secondary N) is 1. The van der Waals surface area contributed by atoms with Gasteiger partial charge in [-0.15, -0.1) is 0 Å². The number of halogens is 1. The summed E-state index contributed by atoms with van der Waals surface area (Å²) in [7, 11) is 0. The Balaban J connectivity index is 2.35. The summed E-state index contributed by atoms with van der Waals surface area (Å²) >= 11 is 7.70. The van der Waals surface area contributed by atoms with Gasteiger partial charge in [-0.25, -0.2) is 4.98 Å². The van der Waals surface area contributed by atoms with Gasteiger partial charge in [-0.1, -0.05) is 36.4 Å². The van der Waals surface area contributed by atoms with Crippen LogP contribution in [0.4, 0.5) is 0 Å². The molecule has 2 aromatic rings. The molecule has 1 aromatic carbocycles. The highest BCUT2D eigenvalue weighted by atomic mass is 35.5. The fraction of sp³-hybridized carbons (Fsp3) is 0.333. The smallest absolute Gasteiger partial charge is 0.251 e. The first-order valence-corrected chi connectivity index (χ1v) is 7.97. The van der Waals surface area contributed by atoms with Crippen LogP contribution in [0.1, 0.15) is 24.6 Å². The largest absolute Gasteiger partial charge is 0.327 e. The number of hydrogen-bond donors (Lipinski definition) is 2. The number of nitrogens with two attached hydrogens (primary N) is 1. The summed E-state index contributed by atoms with van der Waals surface area (Å²) < 4.78 is 0. The van der Waals surface area contributed by atoms with Crippen molar-refractivity contribution in [1.29, 1.82) is 0 Å². The van der Waals surface area contributed by atoms with Gasteiger partial charge in [-0.3, -0.25) is 4.79 Å². The average Bonchev–Trinajstić information content (AvgIpc) is 2.41. The van der Waals surface area contributed by atoms with Crippen molar-refractivity contribution in [2.24, 2.45) is 5.73 Å². The van der Waals surface area contributed by atoms with E-state index in [1.807, 2.05) is 25.1 Å². The number of rotatable bonds is 5. The molecule has 112 valence electrons. The van der Waals surface area contributed by atoms with Crippen LogP contribution in [-0.4, -0.2) is 16.0 Å². The summed E-state index contributed by atoms with van der Waals surface area (Å²) in [6.07, 6.45) is 1.59. The average molecular weight is 324 g/mol. The zero-order chi connectivity index (χ0) is 15.4. The molecular formula is C15H18ClN3OS. The Morgan fingerprint density at radius 2 is 2.24 bits per heavy atom. The van der Waals surface area contributed by atoms with Crippen molar-refractivity contribution in [2.75, 3.05) is 0 Å². The van der Waals surface area contributed by atoms with E-state index in [1.54, 1.807) is 6.92 Å². The molecule has 1 aromatic heterocycles. The molecule has 1 heterocycles. The Morgan fingerprint density at radius 1 is 1.48 bits per heavy atom. The van der Waals surface area contributed by atoms with Crippen molar-refractivity contribution < 1.29 is 0 Å². The summed E-state index contributed by atoms with van der Waals surface area (Å²) in [5.74, 6) is 0. The number of aromatic nitrogens is 2. The Kier molecular flexibility index (Phi) is 5.45. The lowest BCUT2D eigenvalue weighted by Crippen LogP contribution is -2.22. The fourth-order valence-corrected chi connectivity index (χ4v) is 3.26. The second-order valence-corrected chi connectivity index (χ2v) is 6.32. The summed E-state index contributed by atoms with van der Waals surface area (Å²) in [6.45, 7) is 3.85. The molecule has 2 rings (SSSR count). The van der Waals surface area contributed by atoms with Gasteiger partial charge in [0.1, 0.15) is 0 Å². The standard InChI is InChI=1S/C15H18ClN3OS/c1-3-10(17)8-11-12(16)5-4-6-13(11)21-15-18-9(2)7-14(20)19-15/h4-7,10H,3,8,17H2,1-2H3,(H,18,19,20). The minimum atomic E-state index is -0.154. The van der Waals surface area contributed by atoms with E-state index in [4.69, 9.17) is 17.3 Å². The minimum absolute atomic E-state index is 0.0637. The van der Waals surface area contributed by atoms with Crippen molar-refractivity contribution in [3.63, 3.8) is 0 Å². The summed E-state index contributed by atoms with van der Waals surface area (Å²) in [4.78, 5) is 19.6. The lowest BCUT2D eigenvalue weighted by atomic mass is 10.0. The number of nitrogens with zero attached hydrogens (tertiary/aromatic N) is 1. The molecule has 0 aliphatic heterocycles. The Labute approximate surface area is 133 Å². The maximum atomic E-state index is 11.5. The molecule has 0 saturated carbocycles. The van der Waals surface area contributed by atoms with Gasteiger partial charge in [0.2, 0.25) is 0 Å². The van der Waals surface area contributed by atoms with Crippen molar-refractivity contribution >= 4 is 23.4 Å². The number of hydrogen-bond acceptors (Lipinski definition) is 4. The van der Waals surface area contributed by atoms with Gasteiger partial charge < -0.3 is 10.7 Å². The SMILES string of the molecule is CCC(N)Cc1c(Cl)cccc1Sc1nc(C)cc(=O)[nH]1. The number of benzene rings is 1. The molecule has 1 unspecified atom stereocenters. The summed E-state index contributed by atoms with van der Waals surface area (Å²) in [5.41, 5.74) is 7.58. The first-order valence-electron chi connectivity index (χ1n) is 6.78. The Morgan fingerprint density at radius 3 is 2.90 bits per heavy atom. The van der Waals surface area contributed by atoms with Crippen LogP contribution in [0.25, 0.3) is 0 Å². The minimum Gasteiger partial charge on any atom is -0.327 e. The van der Waals surface area contributed by atoms with E-state index >= 15 is 0 Å². The second kappa shape index (κ2) is 7.11. The molecule has 0 radical (unpaired) electrons. The van der Waals surface area contributed by atoms with E-state index in [2.05, 4.69) is 9.97 Å². The maximum Gasteiger partial charge on any atom is 0.251 e. The van der Waals surface area contributed by atoms with Crippen LogP contribution in [0.5, 0.6) is 0 Å². The van der Waals surface area contributed by atoms with Crippen LogP contribution in [0, 0.1) is 6.92 Å². The molecule has 0 saturated heterocycles. The van der Waals surface area contributed by atoms with Crippen molar-refractivity contribution in [1.82, 2.24) is 9.97 Å². The third-order valence-electron chi connectivity index (χ3n) is 3.12. The van der Waals surface area contributed by atoms with Gasteiger partial charge in [0.15, 0.2) is 5.16 Å². The van der Waals surface area contributed by atoms with E-state index in [0.29, 0.717) is 22.3 Å². The van der Waals surface area contributed by atoms with Crippen molar-refractivity contribution in [2.45, 2.75) is 42.8 Å². The zero-order valence-corrected chi connectivity index (χ0v) is 13.6. The third-order valence-corrected chi connectivity index (χ3v) is 4.46. The highest BCUT2D eigenvalue weighted by molar-refractivity contribution is 7.99. The molecule has 6 heteroatoms. The molecule has 1 atom stereocenters. The number of aromatic amines is 1. The number of H-pyrrole nitrogens is 1. The van der Waals surface area contributed by atoms with E-state index in [-0.39, 0.29) is 11.6 Å². The quantitative estimate of drug-likeness (QED) is 0.829. The molecule has 0 aliphatic rings. The van der Waals surface area contributed by atoms with Crippen LogP contribution in [0.3, 0.4) is 0 Å².